The number of isothiocyanates is 2. The number of aliphatic imine (C=N–C) groups is 2. The summed E-state index contributed by atoms with van der Waals surface area (Å²) < 4.78 is 0. The van der Waals surface area contributed by atoms with Crippen LogP contribution in [0.3, 0.4) is 0 Å². The Morgan fingerprint density at radius 3 is 1.04 bits per heavy atom. The molecule has 0 N–H and O–H groups in total. The highest BCUT2D eigenvalue weighted by molar-refractivity contribution is 7.78. The van der Waals surface area contributed by atoms with Gasteiger partial charge in [0, 0.05) is 12.4 Å². The number of rotatable bonds is 18. The summed E-state index contributed by atoms with van der Waals surface area (Å²) in [5.74, 6) is 0. The third-order valence-corrected chi connectivity index (χ3v) is 4.42. The topological polar surface area (TPSA) is 24.7 Å². The first kappa shape index (κ1) is 24.1. The van der Waals surface area contributed by atoms with Crippen LogP contribution in [0.1, 0.15) is 96.3 Å². The van der Waals surface area contributed by atoms with Gasteiger partial charge >= 0.3 is 0 Å². The molecule has 0 aromatic heterocycles. The summed E-state index contributed by atoms with van der Waals surface area (Å²) in [7, 11) is 0. The van der Waals surface area contributed by atoms with Crippen LogP contribution in [0.2, 0.25) is 0 Å². The van der Waals surface area contributed by atoms with Gasteiger partial charge in [0.15, 0.2) is 0 Å². The number of unbranched alkanes of at least 4 members (excludes halogenated alkanes) is 14. The van der Waals surface area contributed by atoms with Crippen LogP contribution >= 0.6 is 24.4 Å². The Bertz CT molecular complexity index is 391. The molecule has 140 valence electrons. The Labute approximate surface area is 165 Å². The maximum Gasteiger partial charge on any atom is 0.0634 e. The van der Waals surface area contributed by atoms with Gasteiger partial charge in [0.2, 0.25) is 0 Å². The number of allylic oxidation sites excluding steroid dienone is 2. The lowest BCUT2D eigenvalue weighted by atomic mass is 10.0. The second-order valence-electron chi connectivity index (χ2n) is 6.38. The Balaban J connectivity index is 3.09. The van der Waals surface area contributed by atoms with Gasteiger partial charge in [-0.25, -0.2) is 9.98 Å². The lowest BCUT2D eigenvalue weighted by Crippen LogP contribution is -1.83. The Morgan fingerprint density at radius 1 is 0.480 bits per heavy atom. The fourth-order valence-corrected chi connectivity index (χ4v) is 2.91. The molecule has 2 nitrogen and oxygen atoms in total. The number of thiocarbonyl (C=S) groups is 2. The highest BCUT2D eigenvalue weighted by Gasteiger charge is 1.93. The Morgan fingerprint density at radius 2 is 0.760 bits per heavy atom. The van der Waals surface area contributed by atoms with E-state index in [1.807, 2.05) is 0 Å². The van der Waals surface area contributed by atoms with Crippen molar-refractivity contribution in [2.24, 2.45) is 9.98 Å². The van der Waals surface area contributed by atoms with E-state index in [2.05, 4.69) is 56.9 Å². The Kier molecular flexibility index (Phi) is 22.2. The lowest BCUT2D eigenvalue weighted by molar-refractivity contribution is 0.538. The molecular formula is C21H34N2S2. The molecule has 0 aromatic rings. The van der Waals surface area contributed by atoms with Crippen LogP contribution in [-0.4, -0.2) is 10.3 Å². The van der Waals surface area contributed by atoms with E-state index in [4.69, 9.17) is 0 Å². The smallest absolute Gasteiger partial charge is 0.0634 e. The van der Waals surface area contributed by atoms with Gasteiger partial charge in [-0.2, -0.15) is 0 Å². The van der Waals surface area contributed by atoms with Crippen LogP contribution in [-0.2, 0) is 0 Å². The van der Waals surface area contributed by atoms with Crippen molar-refractivity contribution >= 4 is 34.8 Å². The second kappa shape index (κ2) is 23.1. The summed E-state index contributed by atoms with van der Waals surface area (Å²) in [5, 5.41) is 4.68. The minimum atomic E-state index is 1.11. The zero-order chi connectivity index (χ0) is 18.3. The van der Waals surface area contributed by atoms with E-state index in [1.54, 1.807) is 12.4 Å². The van der Waals surface area contributed by atoms with Crippen molar-refractivity contribution in [2.75, 3.05) is 0 Å². The summed E-state index contributed by atoms with van der Waals surface area (Å²) in [4.78, 5) is 7.52. The molecule has 0 aromatic carbocycles. The molecule has 0 saturated heterocycles. The molecule has 25 heavy (non-hydrogen) atoms. The van der Waals surface area contributed by atoms with E-state index in [0.717, 1.165) is 12.8 Å². The zero-order valence-corrected chi connectivity index (χ0v) is 17.3. The van der Waals surface area contributed by atoms with Crippen LogP contribution in [0, 0.1) is 0 Å². The van der Waals surface area contributed by atoms with Gasteiger partial charge < -0.3 is 0 Å². The molecular weight excluding hydrogens is 344 g/mol. The molecule has 0 rings (SSSR count). The molecule has 0 aliphatic rings. The van der Waals surface area contributed by atoms with Gasteiger partial charge in [0.1, 0.15) is 0 Å². The van der Waals surface area contributed by atoms with Gasteiger partial charge in [-0.3, -0.25) is 0 Å². The second-order valence-corrected chi connectivity index (χ2v) is 6.75. The molecule has 0 atom stereocenters. The van der Waals surface area contributed by atoms with E-state index >= 15 is 0 Å². The van der Waals surface area contributed by atoms with Gasteiger partial charge in [-0.15, -0.1) is 0 Å². The van der Waals surface area contributed by atoms with E-state index in [9.17, 15) is 0 Å². The van der Waals surface area contributed by atoms with Crippen molar-refractivity contribution in [3.8, 4) is 0 Å². The summed E-state index contributed by atoms with van der Waals surface area (Å²) in [6.45, 7) is 0. The standard InChI is InChI=1S/C21H34N2S2/c24-20-22-18-16-14-12-10-8-6-4-2-1-3-5-7-9-11-13-15-17-19-23-21-25/h16-19H,1-15H2. The molecule has 0 unspecified atom stereocenters. The largest absolute Gasteiger partial charge is 0.203 e. The molecule has 0 fully saturated rings. The maximum atomic E-state index is 4.50. The molecule has 0 radical (unpaired) electrons. The van der Waals surface area contributed by atoms with Crippen molar-refractivity contribution in [3.05, 3.63) is 24.6 Å². The highest BCUT2D eigenvalue weighted by Crippen LogP contribution is 2.13. The van der Waals surface area contributed by atoms with Gasteiger partial charge in [-0.05, 0) is 50.1 Å². The maximum absolute atomic E-state index is 4.50. The van der Waals surface area contributed by atoms with Crippen molar-refractivity contribution in [1.29, 1.82) is 0 Å². The van der Waals surface area contributed by atoms with Crippen LogP contribution in [0.25, 0.3) is 0 Å². The molecule has 0 saturated carbocycles. The summed E-state index contributed by atoms with van der Waals surface area (Å²) in [6.07, 6.45) is 27.6. The minimum absolute atomic E-state index is 1.11. The van der Waals surface area contributed by atoms with Crippen molar-refractivity contribution in [1.82, 2.24) is 0 Å². The molecule has 0 amide bonds. The summed E-state index contributed by atoms with van der Waals surface area (Å²) >= 11 is 9.00. The molecule has 0 heterocycles. The Hall–Kier alpha value is -0.920. The first-order valence-electron chi connectivity index (χ1n) is 9.86. The SMILES string of the molecule is S=C=NC=CCCCCCCCCCCCCCCCC=CN=C=S. The zero-order valence-electron chi connectivity index (χ0n) is 15.6. The van der Waals surface area contributed by atoms with Crippen LogP contribution in [0.5, 0.6) is 0 Å². The first-order chi connectivity index (χ1) is 12.4. The lowest BCUT2D eigenvalue weighted by Gasteiger charge is -2.02. The molecule has 0 bridgehead atoms. The van der Waals surface area contributed by atoms with E-state index in [-0.39, 0.29) is 0 Å². The van der Waals surface area contributed by atoms with Gasteiger partial charge in [0.05, 0.1) is 10.3 Å². The quantitative estimate of drug-likeness (QED) is 0.137. The average molecular weight is 379 g/mol. The van der Waals surface area contributed by atoms with Gasteiger partial charge in [-0.1, -0.05) is 82.8 Å². The minimum Gasteiger partial charge on any atom is -0.203 e. The normalized spacial score (nSPS) is 10.9. The fourth-order valence-electron chi connectivity index (χ4n) is 2.78. The number of hydrogen-bond donors (Lipinski definition) is 0. The van der Waals surface area contributed by atoms with Crippen LogP contribution < -0.4 is 0 Å². The fraction of sp³-hybridized carbons (Fsp3) is 0.714. The van der Waals surface area contributed by atoms with Crippen molar-refractivity contribution < 1.29 is 0 Å². The van der Waals surface area contributed by atoms with Gasteiger partial charge in [0.25, 0.3) is 0 Å². The molecule has 0 spiro atoms. The van der Waals surface area contributed by atoms with Crippen molar-refractivity contribution in [3.63, 3.8) is 0 Å². The third-order valence-electron chi connectivity index (χ3n) is 4.21. The summed E-state index contributed by atoms with van der Waals surface area (Å²) in [5.41, 5.74) is 0. The summed E-state index contributed by atoms with van der Waals surface area (Å²) in [6, 6.07) is 0. The molecule has 0 aliphatic heterocycles. The molecule has 4 heteroatoms. The van der Waals surface area contributed by atoms with E-state index in [0.29, 0.717) is 0 Å². The monoisotopic (exact) mass is 378 g/mol. The van der Waals surface area contributed by atoms with Crippen molar-refractivity contribution in [2.45, 2.75) is 96.3 Å². The van der Waals surface area contributed by atoms with Crippen LogP contribution in [0.4, 0.5) is 0 Å². The highest BCUT2D eigenvalue weighted by atomic mass is 32.1. The van der Waals surface area contributed by atoms with E-state index in [1.165, 1.54) is 83.5 Å². The predicted molar refractivity (Wildman–Crippen MR) is 118 cm³/mol. The number of hydrogen-bond acceptors (Lipinski definition) is 4. The van der Waals surface area contributed by atoms with E-state index < -0.39 is 0 Å². The third kappa shape index (κ3) is 23.1. The average Bonchev–Trinajstić information content (AvgIpc) is 2.63. The number of nitrogens with zero attached hydrogens (tertiary/aromatic N) is 2. The molecule has 0 aliphatic carbocycles. The van der Waals surface area contributed by atoms with Crippen LogP contribution in [0.15, 0.2) is 34.5 Å². The predicted octanol–water partition coefficient (Wildman–Crippen LogP) is 8.07. The first-order valence-corrected chi connectivity index (χ1v) is 10.7.